The summed E-state index contributed by atoms with van der Waals surface area (Å²) in [6.45, 7) is 5.85. The summed E-state index contributed by atoms with van der Waals surface area (Å²) < 4.78 is 19.7. The van der Waals surface area contributed by atoms with Crippen LogP contribution in [0.1, 0.15) is 19.5 Å². The fourth-order valence-corrected chi connectivity index (χ4v) is 1.98. The van der Waals surface area contributed by atoms with Gasteiger partial charge in [-0.15, -0.1) is 0 Å². The number of nitrogens with one attached hydrogen (secondary N) is 1. The summed E-state index contributed by atoms with van der Waals surface area (Å²) in [6.07, 6.45) is 3.12. The molecule has 1 aromatic heterocycles. The summed E-state index contributed by atoms with van der Waals surface area (Å²) in [7, 11) is 0. The van der Waals surface area contributed by atoms with Gasteiger partial charge in [0.2, 0.25) is 5.88 Å². The van der Waals surface area contributed by atoms with Crippen LogP contribution in [0.15, 0.2) is 35.1 Å². The molecule has 2 rings (SSSR count). The van der Waals surface area contributed by atoms with Gasteiger partial charge in [0.05, 0.1) is 18.1 Å². The van der Waals surface area contributed by atoms with Gasteiger partial charge in [-0.25, -0.2) is 9.37 Å². The Morgan fingerprint density at radius 1 is 1.29 bits per heavy atom. The van der Waals surface area contributed by atoms with Gasteiger partial charge in [-0.1, -0.05) is 29.8 Å². The van der Waals surface area contributed by atoms with E-state index in [0.717, 1.165) is 16.7 Å². The summed E-state index contributed by atoms with van der Waals surface area (Å²) >= 11 is 3.27. The van der Waals surface area contributed by atoms with E-state index in [0.29, 0.717) is 12.5 Å². The van der Waals surface area contributed by atoms with Gasteiger partial charge in [-0.2, -0.15) is 0 Å². The molecule has 0 saturated carbocycles. The lowest BCUT2D eigenvalue weighted by molar-refractivity contribution is 0.424. The quantitative estimate of drug-likeness (QED) is 0.854. The topological polar surface area (TPSA) is 47.0 Å². The molecule has 2 aromatic rings. The van der Waals surface area contributed by atoms with Crippen LogP contribution in [0.25, 0.3) is 0 Å². The van der Waals surface area contributed by atoms with Gasteiger partial charge in [0.25, 0.3) is 0 Å². The maximum atomic E-state index is 13.6. The molecule has 112 valence electrons. The minimum absolute atomic E-state index is 0.115. The number of hydrogen-bond donors (Lipinski definition) is 1. The van der Waals surface area contributed by atoms with E-state index < -0.39 is 5.82 Å². The number of ether oxygens (including phenoxy) is 1. The van der Waals surface area contributed by atoms with Crippen LogP contribution in [0.2, 0.25) is 0 Å². The van der Waals surface area contributed by atoms with E-state index >= 15 is 0 Å². The number of nitrogens with zero attached hydrogens (tertiary/aromatic N) is 2. The Morgan fingerprint density at radius 2 is 2.10 bits per heavy atom. The lowest BCUT2D eigenvalue weighted by atomic mass is 10.2. The molecule has 0 atom stereocenters. The molecular weight excluding hydrogens is 337 g/mol. The molecule has 1 heterocycles. The average molecular weight is 354 g/mol. The van der Waals surface area contributed by atoms with Gasteiger partial charge in [0.1, 0.15) is 0 Å². The molecule has 0 aliphatic carbocycles. The lowest BCUT2D eigenvalue weighted by Crippen LogP contribution is -2.19. The predicted molar refractivity (Wildman–Crippen MR) is 82.8 cm³/mol. The Bertz CT molecular complexity index is 590. The fraction of sp³-hybridized carbons (Fsp3) is 0.333. The van der Waals surface area contributed by atoms with E-state index in [2.05, 4.69) is 45.1 Å². The maximum absolute atomic E-state index is 13.6. The predicted octanol–water partition coefficient (Wildman–Crippen LogP) is 3.92. The number of hydrogen-bond acceptors (Lipinski definition) is 4. The van der Waals surface area contributed by atoms with Gasteiger partial charge >= 0.3 is 0 Å². The molecule has 0 unspecified atom stereocenters. The first-order chi connectivity index (χ1) is 10.0. The van der Waals surface area contributed by atoms with Crippen LogP contribution in [-0.4, -0.2) is 16.5 Å². The Balaban J connectivity index is 1.97. The SMILES string of the molecule is CC(C)CNCc1cnc(Oc2cc(Br)ccc2F)cn1. The Morgan fingerprint density at radius 3 is 2.76 bits per heavy atom. The van der Waals surface area contributed by atoms with Crippen molar-refractivity contribution in [1.29, 1.82) is 0 Å². The normalized spacial score (nSPS) is 10.9. The molecule has 0 aliphatic heterocycles. The highest BCUT2D eigenvalue weighted by Gasteiger charge is 2.07. The maximum Gasteiger partial charge on any atom is 0.237 e. The first-order valence-electron chi connectivity index (χ1n) is 6.69. The van der Waals surface area contributed by atoms with E-state index in [4.69, 9.17) is 4.74 Å². The van der Waals surface area contributed by atoms with Crippen molar-refractivity contribution < 1.29 is 9.13 Å². The number of halogens is 2. The Kier molecular flexibility index (Phi) is 5.64. The second-order valence-electron chi connectivity index (χ2n) is 5.05. The van der Waals surface area contributed by atoms with Crippen molar-refractivity contribution >= 4 is 15.9 Å². The molecule has 21 heavy (non-hydrogen) atoms. The van der Waals surface area contributed by atoms with E-state index in [-0.39, 0.29) is 11.6 Å². The van der Waals surface area contributed by atoms with Crippen molar-refractivity contribution in [3.8, 4) is 11.6 Å². The zero-order valence-electron chi connectivity index (χ0n) is 11.9. The molecule has 0 amide bonds. The van der Waals surface area contributed by atoms with Gasteiger partial charge in [-0.3, -0.25) is 4.98 Å². The minimum Gasteiger partial charge on any atom is -0.434 e. The summed E-state index contributed by atoms with van der Waals surface area (Å²) in [4.78, 5) is 8.38. The third kappa shape index (κ3) is 5.06. The van der Waals surface area contributed by atoms with Crippen molar-refractivity contribution in [2.24, 2.45) is 5.92 Å². The molecule has 1 N–H and O–H groups in total. The standard InChI is InChI=1S/C15H17BrFN3O/c1-10(2)6-18-7-12-8-20-15(9-19-12)21-14-5-11(16)3-4-13(14)17/h3-5,8-10,18H,6-7H2,1-2H3. The summed E-state index contributed by atoms with van der Waals surface area (Å²) in [5.41, 5.74) is 0.817. The molecule has 0 fully saturated rings. The highest BCUT2D eigenvalue weighted by atomic mass is 79.9. The van der Waals surface area contributed by atoms with Crippen molar-refractivity contribution in [3.63, 3.8) is 0 Å². The summed E-state index contributed by atoms with van der Waals surface area (Å²) in [5, 5.41) is 3.28. The number of aromatic nitrogens is 2. The Labute approximate surface area is 131 Å². The minimum atomic E-state index is -0.442. The largest absolute Gasteiger partial charge is 0.434 e. The average Bonchev–Trinajstić information content (AvgIpc) is 2.44. The van der Waals surface area contributed by atoms with Crippen LogP contribution < -0.4 is 10.1 Å². The van der Waals surface area contributed by atoms with Crippen molar-refractivity contribution in [1.82, 2.24) is 15.3 Å². The van der Waals surface area contributed by atoms with Crippen LogP contribution in [0.5, 0.6) is 11.6 Å². The fourth-order valence-electron chi connectivity index (χ4n) is 1.64. The van der Waals surface area contributed by atoms with Crippen LogP contribution in [-0.2, 0) is 6.54 Å². The smallest absolute Gasteiger partial charge is 0.237 e. The zero-order valence-corrected chi connectivity index (χ0v) is 13.5. The summed E-state index contributed by atoms with van der Waals surface area (Å²) in [5.74, 6) is 0.520. The number of benzene rings is 1. The van der Waals surface area contributed by atoms with Crippen LogP contribution in [0.3, 0.4) is 0 Å². The molecular formula is C15H17BrFN3O. The molecule has 0 bridgehead atoms. The Hall–Kier alpha value is -1.53. The molecule has 4 nitrogen and oxygen atoms in total. The van der Waals surface area contributed by atoms with Gasteiger partial charge < -0.3 is 10.1 Å². The molecule has 0 saturated heterocycles. The van der Waals surface area contributed by atoms with E-state index in [9.17, 15) is 4.39 Å². The highest BCUT2D eigenvalue weighted by molar-refractivity contribution is 9.10. The van der Waals surface area contributed by atoms with Crippen molar-refractivity contribution in [2.75, 3.05) is 6.54 Å². The number of rotatable bonds is 6. The second kappa shape index (κ2) is 7.47. The van der Waals surface area contributed by atoms with E-state index in [1.807, 2.05) is 0 Å². The molecule has 6 heteroatoms. The van der Waals surface area contributed by atoms with Crippen molar-refractivity contribution in [2.45, 2.75) is 20.4 Å². The van der Waals surface area contributed by atoms with Gasteiger partial charge in [-0.05, 0) is 30.7 Å². The van der Waals surface area contributed by atoms with Crippen molar-refractivity contribution in [3.05, 3.63) is 46.6 Å². The monoisotopic (exact) mass is 353 g/mol. The van der Waals surface area contributed by atoms with Crippen LogP contribution in [0, 0.1) is 11.7 Å². The van der Waals surface area contributed by atoms with Crippen LogP contribution >= 0.6 is 15.9 Å². The zero-order chi connectivity index (χ0) is 15.2. The van der Waals surface area contributed by atoms with Gasteiger partial charge in [0, 0.05) is 11.0 Å². The second-order valence-corrected chi connectivity index (χ2v) is 5.96. The molecule has 1 aromatic carbocycles. The molecule has 0 radical (unpaired) electrons. The third-order valence-electron chi connectivity index (χ3n) is 2.65. The van der Waals surface area contributed by atoms with E-state index in [1.54, 1.807) is 18.3 Å². The highest BCUT2D eigenvalue weighted by Crippen LogP contribution is 2.26. The molecule has 0 spiro atoms. The first-order valence-corrected chi connectivity index (χ1v) is 7.48. The third-order valence-corrected chi connectivity index (χ3v) is 3.14. The van der Waals surface area contributed by atoms with E-state index in [1.165, 1.54) is 12.3 Å². The van der Waals surface area contributed by atoms with Gasteiger partial charge in [0.15, 0.2) is 11.6 Å². The summed E-state index contributed by atoms with van der Waals surface area (Å²) in [6, 6.07) is 4.49. The first kappa shape index (κ1) is 15.9. The van der Waals surface area contributed by atoms with Crippen LogP contribution in [0.4, 0.5) is 4.39 Å². The lowest BCUT2D eigenvalue weighted by Gasteiger charge is -2.08. The molecule has 0 aliphatic rings.